The first-order chi connectivity index (χ1) is 12.1. The first-order valence-electron chi connectivity index (χ1n) is 9.28. The van der Waals surface area contributed by atoms with Gasteiger partial charge in [0.2, 0.25) is 0 Å². The Labute approximate surface area is 155 Å². The third-order valence-electron chi connectivity index (χ3n) is 4.65. The highest BCUT2D eigenvalue weighted by molar-refractivity contribution is 7.11. The third-order valence-corrected chi connectivity index (χ3v) is 5.72. The second-order valence-electron chi connectivity index (χ2n) is 6.61. The van der Waals surface area contributed by atoms with E-state index in [0.29, 0.717) is 13.2 Å². The van der Waals surface area contributed by atoms with Gasteiger partial charge in [-0.05, 0) is 33.1 Å². The van der Waals surface area contributed by atoms with Crippen molar-refractivity contribution in [1.29, 1.82) is 0 Å². The molecule has 1 aliphatic rings. The molecule has 7 heteroatoms. The van der Waals surface area contributed by atoms with Gasteiger partial charge in [-0.2, -0.15) is 0 Å². The standard InChI is InChI=1S/C18H32N4O2S/c1-4-15-14(3)25-16(22-15)6-9-20-17(19-5-2)21-12-18(7-10-23)8-11-24-13-18/h23H,4-13H2,1-3H3,(H2,19,20,21). The number of nitrogens with zero attached hydrogens (tertiary/aromatic N) is 2. The van der Waals surface area contributed by atoms with E-state index in [-0.39, 0.29) is 12.0 Å². The van der Waals surface area contributed by atoms with Crippen LogP contribution in [0, 0.1) is 12.3 Å². The summed E-state index contributed by atoms with van der Waals surface area (Å²) in [6, 6.07) is 0. The first-order valence-corrected chi connectivity index (χ1v) is 10.1. The van der Waals surface area contributed by atoms with Crippen LogP contribution in [0.4, 0.5) is 0 Å². The van der Waals surface area contributed by atoms with Crippen LogP contribution in [0.15, 0.2) is 4.99 Å². The number of nitrogens with one attached hydrogen (secondary N) is 2. The lowest BCUT2D eigenvalue weighted by molar-refractivity contribution is 0.131. The van der Waals surface area contributed by atoms with Crippen molar-refractivity contribution >= 4 is 17.3 Å². The van der Waals surface area contributed by atoms with E-state index in [1.165, 1.54) is 15.6 Å². The Bertz CT molecular complexity index is 553. The zero-order valence-electron chi connectivity index (χ0n) is 15.7. The fourth-order valence-electron chi connectivity index (χ4n) is 3.09. The van der Waals surface area contributed by atoms with Crippen molar-refractivity contribution in [1.82, 2.24) is 15.6 Å². The Morgan fingerprint density at radius 3 is 2.84 bits per heavy atom. The Hall–Kier alpha value is -1.18. The van der Waals surface area contributed by atoms with Gasteiger partial charge < -0.3 is 20.5 Å². The Morgan fingerprint density at radius 2 is 2.24 bits per heavy atom. The normalized spacial score (nSPS) is 20.9. The van der Waals surface area contributed by atoms with Crippen LogP contribution < -0.4 is 10.6 Å². The van der Waals surface area contributed by atoms with Gasteiger partial charge in [0.1, 0.15) is 0 Å². The minimum absolute atomic E-state index is 0.0143. The number of aliphatic hydroxyl groups is 1. The summed E-state index contributed by atoms with van der Waals surface area (Å²) < 4.78 is 5.54. The summed E-state index contributed by atoms with van der Waals surface area (Å²) >= 11 is 1.79. The second-order valence-corrected chi connectivity index (χ2v) is 7.90. The van der Waals surface area contributed by atoms with E-state index in [1.807, 2.05) is 0 Å². The number of aliphatic imine (C=N–C) groups is 1. The average Bonchev–Trinajstić information content (AvgIpc) is 3.20. The summed E-state index contributed by atoms with van der Waals surface area (Å²) in [5, 5.41) is 17.2. The predicted octanol–water partition coefficient (Wildman–Crippen LogP) is 1.90. The van der Waals surface area contributed by atoms with Crippen molar-refractivity contribution in [2.24, 2.45) is 10.4 Å². The molecule has 1 aromatic rings. The summed E-state index contributed by atoms with van der Waals surface area (Å²) in [7, 11) is 0. The summed E-state index contributed by atoms with van der Waals surface area (Å²) in [6.45, 7) is 10.3. The van der Waals surface area contributed by atoms with E-state index in [0.717, 1.165) is 51.3 Å². The van der Waals surface area contributed by atoms with Gasteiger partial charge in [0.15, 0.2) is 5.96 Å². The molecule has 25 heavy (non-hydrogen) atoms. The Kier molecular flexibility index (Phi) is 8.12. The summed E-state index contributed by atoms with van der Waals surface area (Å²) in [5.41, 5.74) is 1.20. The van der Waals surface area contributed by atoms with Gasteiger partial charge in [-0.1, -0.05) is 6.92 Å². The number of hydrogen-bond donors (Lipinski definition) is 3. The maximum Gasteiger partial charge on any atom is 0.191 e. The molecule has 1 aliphatic heterocycles. The highest BCUT2D eigenvalue weighted by Crippen LogP contribution is 2.32. The number of thiazole rings is 1. The molecule has 1 fully saturated rings. The number of aryl methyl sites for hydroxylation is 2. The molecule has 0 aliphatic carbocycles. The van der Waals surface area contributed by atoms with E-state index in [2.05, 4.69) is 36.4 Å². The lowest BCUT2D eigenvalue weighted by Crippen LogP contribution is -2.39. The minimum atomic E-state index is -0.0143. The quantitative estimate of drug-likeness (QED) is 0.458. The average molecular weight is 369 g/mol. The summed E-state index contributed by atoms with van der Waals surface area (Å²) in [5.74, 6) is 0.829. The zero-order chi connectivity index (χ0) is 18.1. The molecule has 1 aromatic heterocycles. The molecule has 0 spiro atoms. The SMILES string of the molecule is CCNC(=NCC1(CCO)CCOC1)NCCc1nc(CC)c(C)s1. The number of hydrogen-bond acceptors (Lipinski definition) is 5. The molecule has 3 N–H and O–H groups in total. The highest BCUT2D eigenvalue weighted by Gasteiger charge is 2.34. The molecule has 1 unspecified atom stereocenters. The highest BCUT2D eigenvalue weighted by atomic mass is 32.1. The van der Waals surface area contributed by atoms with Crippen molar-refractivity contribution in [2.75, 3.05) is 39.5 Å². The van der Waals surface area contributed by atoms with Gasteiger partial charge in [-0.3, -0.25) is 4.99 Å². The molecular weight excluding hydrogens is 336 g/mol. The fourth-order valence-corrected chi connectivity index (χ4v) is 4.11. The number of guanidine groups is 1. The molecule has 0 aromatic carbocycles. The lowest BCUT2D eigenvalue weighted by atomic mass is 9.84. The van der Waals surface area contributed by atoms with E-state index < -0.39 is 0 Å². The first kappa shape index (κ1) is 20.1. The molecule has 0 bridgehead atoms. The largest absolute Gasteiger partial charge is 0.396 e. The number of aliphatic hydroxyl groups excluding tert-OH is 1. The summed E-state index contributed by atoms with van der Waals surface area (Å²) in [6.07, 6.45) is 3.61. The molecule has 0 saturated carbocycles. The van der Waals surface area contributed by atoms with Gasteiger partial charge in [-0.15, -0.1) is 11.3 Å². The maximum absolute atomic E-state index is 9.33. The monoisotopic (exact) mass is 368 g/mol. The topological polar surface area (TPSA) is 78.8 Å². The molecule has 142 valence electrons. The Balaban J connectivity index is 1.88. The van der Waals surface area contributed by atoms with Gasteiger partial charge >= 0.3 is 0 Å². The zero-order valence-corrected chi connectivity index (χ0v) is 16.5. The van der Waals surface area contributed by atoms with Gasteiger partial charge in [0.05, 0.1) is 23.9 Å². The second kappa shape index (κ2) is 10.1. The van der Waals surface area contributed by atoms with Crippen LogP contribution >= 0.6 is 11.3 Å². The van der Waals surface area contributed by atoms with E-state index >= 15 is 0 Å². The van der Waals surface area contributed by atoms with Crippen LogP contribution in [-0.2, 0) is 17.6 Å². The van der Waals surface area contributed by atoms with Gasteiger partial charge in [0.25, 0.3) is 0 Å². The molecule has 0 amide bonds. The van der Waals surface area contributed by atoms with Gasteiger partial charge in [0, 0.05) is 43.0 Å². The number of rotatable bonds is 9. The van der Waals surface area contributed by atoms with Gasteiger partial charge in [-0.25, -0.2) is 4.98 Å². The van der Waals surface area contributed by atoms with Crippen molar-refractivity contribution in [3.8, 4) is 0 Å². The minimum Gasteiger partial charge on any atom is -0.396 e. The molecule has 1 atom stereocenters. The van der Waals surface area contributed by atoms with Crippen LogP contribution in [0.25, 0.3) is 0 Å². The lowest BCUT2D eigenvalue weighted by Gasteiger charge is -2.24. The van der Waals surface area contributed by atoms with E-state index in [4.69, 9.17) is 9.73 Å². The molecule has 0 radical (unpaired) electrons. The van der Waals surface area contributed by atoms with Crippen molar-refractivity contribution < 1.29 is 9.84 Å². The molecule has 6 nitrogen and oxygen atoms in total. The smallest absolute Gasteiger partial charge is 0.191 e. The van der Waals surface area contributed by atoms with Crippen molar-refractivity contribution in [2.45, 2.75) is 46.5 Å². The third kappa shape index (κ3) is 5.94. The van der Waals surface area contributed by atoms with Crippen LogP contribution in [0.3, 0.4) is 0 Å². The van der Waals surface area contributed by atoms with Crippen LogP contribution in [0.1, 0.15) is 42.3 Å². The molecule has 1 saturated heterocycles. The van der Waals surface area contributed by atoms with Crippen LogP contribution in [0.5, 0.6) is 0 Å². The molecular formula is C18H32N4O2S. The number of aromatic nitrogens is 1. The van der Waals surface area contributed by atoms with Crippen molar-refractivity contribution in [3.05, 3.63) is 15.6 Å². The maximum atomic E-state index is 9.33. The van der Waals surface area contributed by atoms with Crippen LogP contribution in [-0.4, -0.2) is 55.5 Å². The molecule has 2 heterocycles. The Morgan fingerprint density at radius 1 is 1.40 bits per heavy atom. The fraction of sp³-hybridized carbons (Fsp3) is 0.778. The van der Waals surface area contributed by atoms with E-state index in [1.54, 1.807) is 11.3 Å². The van der Waals surface area contributed by atoms with E-state index in [9.17, 15) is 5.11 Å². The predicted molar refractivity (Wildman–Crippen MR) is 103 cm³/mol. The molecule has 2 rings (SSSR count). The number of ether oxygens (including phenoxy) is 1. The summed E-state index contributed by atoms with van der Waals surface area (Å²) in [4.78, 5) is 10.8. The van der Waals surface area contributed by atoms with Crippen LogP contribution in [0.2, 0.25) is 0 Å². The van der Waals surface area contributed by atoms with Crippen molar-refractivity contribution in [3.63, 3.8) is 0 Å².